The summed E-state index contributed by atoms with van der Waals surface area (Å²) in [6.07, 6.45) is 5.49. The summed E-state index contributed by atoms with van der Waals surface area (Å²) in [7, 11) is -7.21. The van der Waals surface area contributed by atoms with Crippen LogP contribution in [0, 0.1) is 35.5 Å². The standard InChI is InChI=1S/C80H121F7O7Si3/c1-23-24-35-61(8)74(90-56-65-45-48-69(89-18)49-46-65)64(11)71(88)50-43-59(6)54-63(10)73(94-96(21,22)76(15,16)17)62(9)44-47-70(92-95(19,20)75(12,13)14)55-72(93-97(57(2)3,58(4)5)53-51-77(81,82)79(83,84)80(85,86)87)60(7)36-34-52-91-78(66-37-28-25-29-38-66,67-39-30-26-31-40-67)68-41-32-27-33-42-68/h23-42,44-49,57-64,70-74,88H,1,43,50-56H2,2-22H3/b35-24+,36-34+,47-44?/t59-,60+,61-,62-,63-,64-,70+,71+,72-,73-,74-/m0/s1. The third-order valence-electron chi connectivity index (χ3n) is 21.1. The van der Waals surface area contributed by atoms with Crippen molar-refractivity contribution in [2.75, 3.05) is 13.7 Å². The molecule has 0 heterocycles. The van der Waals surface area contributed by atoms with E-state index in [0.29, 0.717) is 13.0 Å². The molecule has 7 nitrogen and oxygen atoms in total. The van der Waals surface area contributed by atoms with Gasteiger partial charge in [-0.3, -0.25) is 0 Å². The number of methoxy groups -OCH3 is 1. The van der Waals surface area contributed by atoms with Gasteiger partial charge in [0.1, 0.15) is 11.4 Å². The fraction of sp³-hybridized carbons (Fsp3) is 0.600. The summed E-state index contributed by atoms with van der Waals surface area (Å²) in [5, 5.41) is 11.5. The Morgan fingerprint density at radius 1 is 0.557 bits per heavy atom. The molecule has 0 aromatic heterocycles. The summed E-state index contributed by atoms with van der Waals surface area (Å²) in [6, 6.07) is 37.0. The molecular weight excluding hydrogens is 1290 g/mol. The molecule has 4 rings (SSSR count). The van der Waals surface area contributed by atoms with Gasteiger partial charge in [-0.05, 0) is 131 Å². The van der Waals surface area contributed by atoms with Gasteiger partial charge in [0.25, 0.3) is 0 Å². The average Bonchev–Trinajstić information content (AvgIpc) is 0.771. The number of benzene rings is 4. The first-order valence-electron chi connectivity index (χ1n) is 35.2. The van der Waals surface area contributed by atoms with Crippen LogP contribution in [0.2, 0.25) is 53.4 Å². The van der Waals surface area contributed by atoms with Crippen molar-refractivity contribution in [1.29, 1.82) is 0 Å². The first-order valence-corrected chi connectivity index (χ1v) is 43.3. The molecule has 0 spiro atoms. The molecule has 0 saturated carbocycles. The van der Waals surface area contributed by atoms with Crippen LogP contribution in [-0.4, -0.2) is 92.3 Å². The Morgan fingerprint density at radius 3 is 1.49 bits per heavy atom. The van der Waals surface area contributed by atoms with Crippen LogP contribution >= 0.6 is 0 Å². The largest absolute Gasteiger partial charge is 0.497 e. The maximum atomic E-state index is 15.6. The number of hydrogen-bond acceptors (Lipinski definition) is 7. The summed E-state index contributed by atoms with van der Waals surface area (Å²) in [5.41, 5.74) is 1.70. The summed E-state index contributed by atoms with van der Waals surface area (Å²) < 4.78 is 144. The first kappa shape index (κ1) is 85.0. The van der Waals surface area contributed by atoms with Gasteiger partial charge in [-0.2, -0.15) is 30.7 Å². The summed E-state index contributed by atoms with van der Waals surface area (Å²) in [5.74, 6) is -11.5. The quantitative estimate of drug-likeness (QED) is 0.0156. The number of hydrogen-bond donors (Lipinski definition) is 1. The Morgan fingerprint density at radius 2 is 1.04 bits per heavy atom. The molecule has 0 aliphatic rings. The number of ether oxygens (including phenoxy) is 3. The van der Waals surface area contributed by atoms with Crippen LogP contribution < -0.4 is 4.74 Å². The summed E-state index contributed by atoms with van der Waals surface area (Å²) in [6.45, 7) is 46.3. The zero-order chi connectivity index (χ0) is 73.2. The highest BCUT2D eigenvalue weighted by Crippen LogP contribution is 2.52. The van der Waals surface area contributed by atoms with Crippen LogP contribution in [0.25, 0.3) is 0 Å². The SMILES string of the molecule is C=C/C=C/[C@H](C)[C@H](OCc1ccc(OC)cc1)[C@@H](C)[C@H](O)CC[C@H](C)C[C@H](C)[C@@H](O[Si](C)(C)C(C)(C)C)[C@@H](C)C=C[C@H](C[C@H](O[Si](CCC(F)(F)C(F)(F)C(F)(F)F)(C(C)C)C(C)C)[C@H](C)/C=C/COC(c1ccccc1)(c1ccccc1)c1ccccc1)O[Si](C)(C)C(C)(C)C. The highest BCUT2D eigenvalue weighted by Gasteiger charge is 2.73. The molecule has 4 aromatic rings. The lowest BCUT2D eigenvalue weighted by molar-refractivity contribution is -0.354. The fourth-order valence-electron chi connectivity index (χ4n) is 12.8. The highest BCUT2D eigenvalue weighted by atomic mass is 28.4. The number of alkyl halides is 7. The Labute approximate surface area is 583 Å². The van der Waals surface area contributed by atoms with E-state index in [1.807, 2.05) is 140 Å². The predicted octanol–water partition coefficient (Wildman–Crippen LogP) is 23.3. The van der Waals surface area contributed by atoms with E-state index in [4.69, 9.17) is 27.5 Å². The monoisotopic (exact) mass is 1410 g/mol. The van der Waals surface area contributed by atoms with E-state index in [-0.39, 0.29) is 64.9 Å². The Hall–Kier alpha value is -4.44. The maximum Gasteiger partial charge on any atom is 0.459 e. The van der Waals surface area contributed by atoms with E-state index >= 15 is 8.78 Å². The van der Waals surface area contributed by atoms with E-state index in [1.54, 1.807) is 40.9 Å². The molecule has 0 saturated heterocycles. The molecule has 1 N–H and O–H groups in total. The first-order chi connectivity index (χ1) is 44.9. The molecule has 11 atom stereocenters. The lowest BCUT2D eigenvalue weighted by Crippen LogP contribution is -2.55. The van der Waals surface area contributed by atoms with Crippen molar-refractivity contribution in [2.45, 2.75) is 257 Å². The van der Waals surface area contributed by atoms with Gasteiger partial charge in [0.2, 0.25) is 0 Å². The minimum absolute atomic E-state index is 0.00107. The van der Waals surface area contributed by atoms with Gasteiger partial charge in [0, 0.05) is 24.7 Å². The number of allylic oxidation sites excluding steroid dienone is 2. The fourth-order valence-corrected chi connectivity index (χ4v) is 20.3. The zero-order valence-corrected chi connectivity index (χ0v) is 65.4. The number of aliphatic hydroxyl groups excluding tert-OH is 1. The molecule has 0 amide bonds. The zero-order valence-electron chi connectivity index (χ0n) is 62.4. The van der Waals surface area contributed by atoms with Crippen molar-refractivity contribution in [3.8, 4) is 5.75 Å². The number of halogens is 7. The minimum atomic E-state index is -6.46. The molecule has 0 fully saturated rings. The molecule has 0 bridgehead atoms. The van der Waals surface area contributed by atoms with Crippen LogP contribution in [-0.2, 0) is 35.0 Å². The van der Waals surface area contributed by atoms with Gasteiger partial charge >= 0.3 is 18.0 Å². The molecular formula is C80H121F7O7Si3. The molecule has 0 radical (unpaired) electrons. The Bertz CT molecular complexity index is 2910. The highest BCUT2D eigenvalue weighted by molar-refractivity contribution is 6.76. The molecule has 0 aliphatic carbocycles. The molecule has 4 aromatic carbocycles. The lowest BCUT2D eigenvalue weighted by atomic mass is 9.80. The van der Waals surface area contributed by atoms with E-state index in [0.717, 1.165) is 40.8 Å². The van der Waals surface area contributed by atoms with Crippen LogP contribution in [0.1, 0.15) is 165 Å². The van der Waals surface area contributed by atoms with Gasteiger partial charge in [0.05, 0.1) is 50.8 Å². The van der Waals surface area contributed by atoms with Crippen LogP contribution in [0.3, 0.4) is 0 Å². The third kappa shape index (κ3) is 23.0. The second-order valence-electron chi connectivity index (χ2n) is 31.2. The van der Waals surface area contributed by atoms with Gasteiger partial charge in [-0.15, -0.1) is 0 Å². The van der Waals surface area contributed by atoms with Crippen LogP contribution in [0.5, 0.6) is 5.75 Å². The second kappa shape index (κ2) is 36.4. The average molecular weight is 1410 g/mol. The maximum absolute atomic E-state index is 15.6. The van der Waals surface area contributed by atoms with Crippen molar-refractivity contribution >= 4 is 25.0 Å². The lowest BCUT2D eigenvalue weighted by Gasteiger charge is -2.45. The molecule has 17 heteroatoms. The van der Waals surface area contributed by atoms with E-state index in [1.165, 1.54) is 0 Å². The smallest absolute Gasteiger partial charge is 0.459 e. The molecule has 0 unspecified atom stereocenters. The summed E-state index contributed by atoms with van der Waals surface area (Å²) in [4.78, 5) is 0. The topological polar surface area (TPSA) is 75.6 Å². The van der Waals surface area contributed by atoms with Crippen molar-refractivity contribution < 1.29 is 63.3 Å². The predicted molar refractivity (Wildman–Crippen MR) is 394 cm³/mol. The van der Waals surface area contributed by atoms with Crippen molar-refractivity contribution in [3.63, 3.8) is 0 Å². The Kier molecular flexibility index (Phi) is 31.9. The van der Waals surface area contributed by atoms with E-state index in [2.05, 4.69) is 127 Å². The number of rotatable bonds is 40. The van der Waals surface area contributed by atoms with E-state index in [9.17, 15) is 27.1 Å². The second-order valence-corrected chi connectivity index (χ2v) is 45.7. The molecule has 0 aliphatic heterocycles. The van der Waals surface area contributed by atoms with Gasteiger partial charge in [-0.25, -0.2) is 0 Å². The van der Waals surface area contributed by atoms with Crippen molar-refractivity contribution in [3.05, 3.63) is 187 Å². The van der Waals surface area contributed by atoms with Gasteiger partial charge in [0.15, 0.2) is 25.0 Å². The van der Waals surface area contributed by atoms with Crippen LogP contribution in [0.15, 0.2) is 164 Å². The minimum Gasteiger partial charge on any atom is -0.497 e. The number of aliphatic hydroxyl groups is 1. The van der Waals surface area contributed by atoms with Crippen molar-refractivity contribution in [1.82, 2.24) is 0 Å². The normalized spacial score (nSPS) is 17.3. The van der Waals surface area contributed by atoms with E-state index < -0.39 is 96.4 Å². The summed E-state index contributed by atoms with van der Waals surface area (Å²) >= 11 is 0. The third-order valence-corrected chi connectivity index (χ3v) is 35.8. The van der Waals surface area contributed by atoms with Gasteiger partial charge in [-0.1, -0.05) is 263 Å². The Balaban J connectivity index is 1.82. The molecule has 97 heavy (non-hydrogen) atoms. The van der Waals surface area contributed by atoms with Crippen molar-refractivity contribution in [2.24, 2.45) is 35.5 Å². The molecule has 544 valence electrons. The van der Waals surface area contributed by atoms with Crippen LogP contribution in [0.4, 0.5) is 30.7 Å². The van der Waals surface area contributed by atoms with Gasteiger partial charge < -0.3 is 32.6 Å².